The Balaban J connectivity index is 1.14. The summed E-state index contributed by atoms with van der Waals surface area (Å²) in [7, 11) is 0. The van der Waals surface area contributed by atoms with Crippen LogP contribution in [0, 0.1) is 0 Å². The van der Waals surface area contributed by atoms with Gasteiger partial charge >= 0.3 is 0 Å². The second kappa shape index (κ2) is 12.6. The smallest absolute Gasteiger partial charge is 0.165 e. The van der Waals surface area contributed by atoms with Gasteiger partial charge < -0.3 is 0 Å². The zero-order valence-electron chi connectivity index (χ0n) is 26.7. The van der Waals surface area contributed by atoms with Crippen LogP contribution in [0.4, 0.5) is 0 Å². The molecule has 1 aliphatic rings. The van der Waals surface area contributed by atoms with Crippen LogP contribution >= 0.6 is 11.3 Å². The molecular formula is C45H31N3S. The summed E-state index contributed by atoms with van der Waals surface area (Å²) in [4.78, 5) is 15.5. The highest BCUT2D eigenvalue weighted by molar-refractivity contribution is 7.26. The van der Waals surface area contributed by atoms with E-state index in [-0.39, 0.29) is 5.92 Å². The van der Waals surface area contributed by atoms with Crippen molar-refractivity contribution in [2.75, 3.05) is 0 Å². The van der Waals surface area contributed by atoms with Gasteiger partial charge in [-0.15, -0.1) is 11.3 Å². The summed E-state index contributed by atoms with van der Waals surface area (Å²) < 4.78 is 2.46. The molecule has 1 unspecified atom stereocenters. The molecule has 0 amide bonds. The number of hydrogen-bond donors (Lipinski definition) is 0. The first-order valence-electron chi connectivity index (χ1n) is 16.6. The molecule has 0 saturated heterocycles. The van der Waals surface area contributed by atoms with Crippen LogP contribution in [0.25, 0.3) is 70.8 Å². The van der Waals surface area contributed by atoms with Crippen molar-refractivity contribution < 1.29 is 0 Å². The monoisotopic (exact) mass is 645 g/mol. The first-order chi connectivity index (χ1) is 24.3. The maximum Gasteiger partial charge on any atom is 0.165 e. The van der Waals surface area contributed by atoms with Crippen molar-refractivity contribution in [3.8, 4) is 45.0 Å². The van der Waals surface area contributed by atoms with Crippen LogP contribution in [0.5, 0.6) is 0 Å². The van der Waals surface area contributed by atoms with Crippen LogP contribution in [0.3, 0.4) is 0 Å². The van der Waals surface area contributed by atoms with Crippen LogP contribution in [0.15, 0.2) is 170 Å². The summed E-state index contributed by atoms with van der Waals surface area (Å²) in [6.45, 7) is 0. The molecular weight excluding hydrogens is 615 g/mol. The van der Waals surface area contributed by atoms with Crippen molar-refractivity contribution >= 4 is 37.1 Å². The second-order valence-corrected chi connectivity index (χ2v) is 13.4. The lowest BCUT2D eigenvalue weighted by Crippen LogP contribution is -2.08. The number of benzene rings is 6. The van der Waals surface area contributed by atoms with Gasteiger partial charge in [0.25, 0.3) is 0 Å². The van der Waals surface area contributed by atoms with Gasteiger partial charge in [0.1, 0.15) is 5.82 Å². The van der Waals surface area contributed by atoms with Crippen molar-refractivity contribution in [2.24, 2.45) is 0 Å². The highest BCUT2D eigenvalue weighted by atomic mass is 32.1. The highest BCUT2D eigenvalue weighted by Crippen LogP contribution is 2.40. The fraction of sp³-hybridized carbons (Fsp3) is 0.0444. The third kappa shape index (κ3) is 5.67. The van der Waals surface area contributed by atoms with Crippen LogP contribution in [0.1, 0.15) is 23.7 Å². The van der Waals surface area contributed by atoms with Gasteiger partial charge in [-0.1, -0.05) is 152 Å². The third-order valence-corrected chi connectivity index (χ3v) is 10.5. The van der Waals surface area contributed by atoms with Gasteiger partial charge in [-0.3, -0.25) is 0 Å². The maximum atomic E-state index is 5.19. The number of rotatable bonds is 6. The van der Waals surface area contributed by atoms with Crippen molar-refractivity contribution in [3.63, 3.8) is 0 Å². The van der Waals surface area contributed by atoms with Gasteiger partial charge in [0, 0.05) is 37.2 Å². The first kappa shape index (κ1) is 29.2. The average molecular weight is 646 g/mol. The fourth-order valence-corrected chi connectivity index (χ4v) is 7.92. The Morgan fingerprint density at radius 2 is 1.10 bits per heavy atom. The molecule has 0 radical (unpaired) electrons. The number of hydrogen-bond acceptors (Lipinski definition) is 4. The van der Waals surface area contributed by atoms with Crippen molar-refractivity contribution in [3.05, 3.63) is 181 Å². The Morgan fingerprint density at radius 1 is 0.490 bits per heavy atom. The van der Waals surface area contributed by atoms with E-state index in [0.29, 0.717) is 11.6 Å². The van der Waals surface area contributed by atoms with E-state index < -0.39 is 0 Å². The lowest BCUT2D eigenvalue weighted by atomic mass is 9.92. The molecule has 2 aromatic heterocycles. The topological polar surface area (TPSA) is 38.7 Å². The zero-order valence-corrected chi connectivity index (χ0v) is 27.5. The maximum absolute atomic E-state index is 5.19. The molecule has 0 spiro atoms. The van der Waals surface area contributed by atoms with Gasteiger partial charge in [0.15, 0.2) is 11.6 Å². The minimum atomic E-state index is 0.0447. The van der Waals surface area contributed by atoms with Crippen molar-refractivity contribution in [1.82, 2.24) is 15.0 Å². The SMILES string of the molecule is C1=CC(c2nc(-c3cccc(-c4ccc(-c5ccccc5)cc4)c3)nc(-c3cccc4c3sc3ccccc34)n2)CC=C1c1ccccc1. The molecule has 0 fully saturated rings. The van der Waals surface area contributed by atoms with Crippen molar-refractivity contribution in [1.29, 1.82) is 0 Å². The quantitative estimate of drug-likeness (QED) is 0.181. The highest BCUT2D eigenvalue weighted by Gasteiger charge is 2.21. The number of fused-ring (bicyclic) bond motifs is 3. The molecule has 4 heteroatoms. The van der Waals surface area contributed by atoms with E-state index in [1.54, 1.807) is 11.3 Å². The Labute approximate surface area is 289 Å². The second-order valence-electron chi connectivity index (χ2n) is 12.4. The van der Waals surface area contributed by atoms with Gasteiger partial charge in [0.05, 0.1) is 0 Å². The Bertz CT molecular complexity index is 2510. The Hall–Kier alpha value is -5.97. The molecule has 6 aromatic carbocycles. The average Bonchev–Trinajstić information content (AvgIpc) is 3.58. The van der Waals surface area contributed by atoms with E-state index >= 15 is 0 Å². The molecule has 1 atom stereocenters. The minimum absolute atomic E-state index is 0.0447. The molecule has 8 aromatic rings. The van der Waals surface area contributed by atoms with E-state index in [2.05, 4.69) is 164 Å². The summed E-state index contributed by atoms with van der Waals surface area (Å²) in [5.74, 6) is 2.23. The zero-order chi connectivity index (χ0) is 32.6. The predicted molar refractivity (Wildman–Crippen MR) is 205 cm³/mol. The summed E-state index contributed by atoms with van der Waals surface area (Å²) in [6, 6.07) is 53.4. The molecule has 232 valence electrons. The standard InChI is InChI=1S/C45H31N3S/c1-3-11-30(12-4-1)32-21-23-34(24-22-32)36-15-9-16-37(29-36)44-46-43(35-27-25-33(26-28-35)31-13-5-2-6-14-31)47-45(48-44)40-19-10-18-39-38-17-7-8-20-41(38)49-42(39)40/h1-27,29,35H,28H2. The number of allylic oxidation sites excluding steroid dienone is 4. The lowest BCUT2D eigenvalue weighted by molar-refractivity contribution is 0.766. The molecule has 2 heterocycles. The molecule has 0 aliphatic heterocycles. The summed E-state index contributed by atoms with van der Waals surface area (Å²) in [5.41, 5.74) is 9.15. The minimum Gasteiger partial charge on any atom is -0.212 e. The normalized spacial score (nSPS) is 14.3. The molecule has 0 saturated carbocycles. The summed E-state index contributed by atoms with van der Waals surface area (Å²) in [6.07, 6.45) is 7.58. The first-order valence-corrected chi connectivity index (χ1v) is 17.5. The molecule has 3 nitrogen and oxygen atoms in total. The fourth-order valence-electron chi connectivity index (χ4n) is 6.71. The summed E-state index contributed by atoms with van der Waals surface area (Å²) >= 11 is 1.80. The van der Waals surface area contributed by atoms with Crippen LogP contribution in [-0.4, -0.2) is 15.0 Å². The molecule has 0 N–H and O–H groups in total. The van der Waals surface area contributed by atoms with Gasteiger partial charge in [0.2, 0.25) is 0 Å². The molecule has 1 aliphatic carbocycles. The van der Waals surface area contributed by atoms with Crippen LogP contribution in [-0.2, 0) is 0 Å². The van der Waals surface area contributed by atoms with E-state index in [1.165, 1.54) is 42.4 Å². The molecule has 9 rings (SSSR count). The number of thiophene rings is 1. The molecule has 49 heavy (non-hydrogen) atoms. The lowest BCUT2D eigenvalue weighted by Gasteiger charge is -2.17. The third-order valence-electron chi connectivity index (χ3n) is 9.28. The van der Waals surface area contributed by atoms with E-state index in [1.807, 2.05) is 6.07 Å². The number of aromatic nitrogens is 3. The predicted octanol–water partition coefficient (Wildman–Crippen LogP) is 12.0. The van der Waals surface area contributed by atoms with E-state index in [0.717, 1.165) is 34.5 Å². The Kier molecular flexibility index (Phi) is 7.49. The van der Waals surface area contributed by atoms with Crippen LogP contribution < -0.4 is 0 Å². The van der Waals surface area contributed by atoms with E-state index in [4.69, 9.17) is 15.0 Å². The Morgan fingerprint density at radius 3 is 1.88 bits per heavy atom. The largest absolute Gasteiger partial charge is 0.212 e. The van der Waals surface area contributed by atoms with Gasteiger partial charge in [-0.25, -0.2) is 15.0 Å². The summed E-state index contributed by atoms with van der Waals surface area (Å²) in [5, 5.41) is 2.49. The number of nitrogens with zero attached hydrogens (tertiary/aromatic N) is 3. The molecule has 0 bridgehead atoms. The van der Waals surface area contributed by atoms with Gasteiger partial charge in [-0.05, 0) is 58.0 Å². The van der Waals surface area contributed by atoms with Crippen LogP contribution in [0.2, 0.25) is 0 Å². The van der Waals surface area contributed by atoms with E-state index in [9.17, 15) is 0 Å². The van der Waals surface area contributed by atoms with Crippen molar-refractivity contribution in [2.45, 2.75) is 12.3 Å². The van der Waals surface area contributed by atoms with Gasteiger partial charge in [-0.2, -0.15) is 0 Å².